The maximum Gasteiger partial charge on any atom is 0.337 e. The molecule has 0 spiro atoms. The SMILES string of the molecule is COC(=O)c1ccc2c(c1)N(S(=O)(=O)c1cc(Cl)ccc1OC)CO2. The first-order valence-corrected chi connectivity index (χ1v) is 8.91. The lowest BCUT2D eigenvalue weighted by molar-refractivity contribution is 0.0601. The molecular formula is C16H14ClNO6S. The summed E-state index contributed by atoms with van der Waals surface area (Å²) in [6, 6.07) is 8.73. The number of sulfonamides is 1. The highest BCUT2D eigenvalue weighted by Gasteiger charge is 2.35. The lowest BCUT2D eigenvalue weighted by Gasteiger charge is -2.19. The molecule has 1 aliphatic heterocycles. The fraction of sp³-hybridized carbons (Fsp3) is 0.188. The molecule has 0 fully saturated rings. The van der Waals surface area contributed by atoms with Crippen LogP contribution >= 0.6 is 11.6 Å². The second-order valence-electron chi connectivity index (χ2n) is 5.10. The minimum absolute atomic E-state index is 0.0950. The van der Waals surface area contributed by atoms with Crippen molar-refractivity contribution in [1.29, 1.82) is 0 Å². The van der Waals surface area contributed by atoms with E-state index in [4.69, 9.17) is 21.1 Å². The molecule has 2 aromatic carbocycles. The average Bonchev–Trinajstić information content (AvgIpc) is 3.04. The molecule has 1 aliphatic rings. The van der Waals surface area contributed by atoms with E-state index >= 15 is 0 Å². The Balaban J connectivity index is 2.10. The van der Waals surface area contributed by atoms with Crippen molar-refractivity contribution in [3.63, 3.8) is 0 Å². The lowest BCUT2D eigenvalue weighted by atomic mass is 10.2. The summed E-state index contributed by atoms with van der Waals surface area (Å²) in [6.07, 6.45) is 0. The first-order valence-electron chi connectivity index (χ1n) is 7.10. The third-order valence-corrected chi connectivity index (χ3v) is 5.67. The zero-order valence-electron chi connectivity index (χ0n) is 13.4. The summed E-state index contributed by atoms with van der Waals surface area (Å²) in [6.45, 7) is -0.224. The Morgan fingerprint density at radius 3 is 2.64 bits per heavy atom. The number of ether oxygens (including phenoxy) is 3. The highest BCUT2D eigenvalue weighted by atomic mass is 35.5. The molecule has 132 valence electrons. The first kappa shape index (κ1) is 17.4. The van der Waals surface area contributed by atoms with Gasteiger partial charge in [0.2, 0.25) is 0 Å². The summed E-state index contributed by atoms with van der Waals surface area (Å²) in [5.41, 5.74) is 0.454. The molecule has 0 unspecified atom stereocenters. The number of hydrogen-bond donors (Lipinski definition) is 0. The molecule has 0 N–H and O–H groups in total. The molecule has 0 aliphatic carbocycles. The third kappa shape index (κ3) is 2.98. The Kier molecular flexibility index (Phi) is 4.49. The van der Waals surface area contributed by atoms with Gasteiger partial charge in [-0.3, -0.25) is 0 Å². The van der Waals surface area contributed by atoms with E-state index in [1.165, 1.54) is 50.6 Å². The number of anilines is 1. The number of methoxy groups -OCH3 is 2. The first-order chi connectivity index (χ1) is 11.9. The van der Waals surface area contributed by atoms with Gasteiger partial charge in [0.05, 0.1) is 25.5 Å². The number of fused-ring (bicyclic) bond motifs is 1. The van der Waals surface area contributed by atoms with Crippen LogP contribution in [0.2, 0.25) is 5.02 Å². The minimum Gasteiger partial charge on any atom is -0.495 e. The number of halogens is 1. The molecule has 0 bridgehead atoms. The summed E-state index contributed by atoms with van der Waals surface area (Å²) in [5, 5.41) is 0.253. The van der Waals surface area contributed by atoms with Crippen LogP contribution < -0.4 is 13.8 Å². The van der Waals surface area contributed by atoms with E-state index in [-0.39, 0.29) is 33.6 Å². The van der Waals surface area contributed by atoms with Gasteiger partial charge in [0.15, 0.2) is 6.73 Å². The van der Waals surface area contributed by atoms with Gasteiger partial charge < -0.3 is 14.2 Å². The van der Waals surface area contributed by atoms with Crippen LogP contribution in [0.25, 0.3) is 0 Å². The van der Waals surface area contributed by atoms with Gasteiger partial charge in [-0.2, -0.15) is 0 Å². The Bertz CT molecular complexity index is 944. The molecule has 0 aromatic heterocycles. The molecule has 3 rings (SSSR count). The van der Waals surface area contributed by atoms with Crippen LogP contribution in [-0.2, 0) is 14.8 Å². The minimum atomic E-state index is -4.02. The molecule has 2 aromatic rings. The Morgan fingerprint density at radius 2 is 1.96 bits per heavy atom. The van der Waals surface area contributed by atoms with Crippen molar-refractivity contribution in [3.8, 4) is 11.5 Å². The summed E-state index contributed by atoms with van der Waals surface area (Å²) in [4.78, 5) is 11.6. The van der Waals surface area contributed by atoms with E-state index in [0.717, 1.165) is 4.31 Å². The van der Waals surface area contributed by atoms with Crippen LogP contribution in [0.3, 0.4) is 0 Å². The van der Waals surface area contributed by atoms with Gasteiger partial charge >= 0.3 is 5.97 Å². The number of benzene rings is 2. The quantitative estimate of drug-likeness (QED) is 0.755. The summed E-state index contributed by atoms with van der Waals surface area (Å²) in [7, 11) is -1.41. The van der Waals surface area contributed by atoms with Gasteiger partial charge in [-0.05, 0) is 36.4 Å². The van der Waals surface area contributed by atoms with Crippen molar-refractivity contribution in [1.82, 2.24) is 0 Å². The van der Waals surface area contributed by atoms with Crippen molar-refractivity contribution < 1.29 is 27.4 Å². The Morgan fingerprint density at radius 1 is 1.20 bits per heavy atom. The van der Waals surface area contributed by atoms with Crippen LogP contribution in [-0.4, -0.2) is 35.3 Å². The number of rotatable bonds is 4. The number of carbonyl (C=O) groups is 1. The normalized spacial score (nSPS) is 13.2. The van der Waals surface area contributed by atoms with Gasteiger partial charge in [-0.15, -0.1) is 0 Å². The second kappa shape index (κ2) is 6.45. The largest absolute Gasteiger partial charge is 0.495 e. The number of carbonyl (C=O) groups excluding carboxylic acids is 1. The smallest absolute Gasteiger partial charge is 0.337 e. The van der Waals surface area contributed by atoms with Crippen molar-refractivity contribution >= 4 is 33.3 Å². The van der Waals surface area contributed by atoms with Crippen LogP contribution in [0.1, 0.15) is 10.4 Å². The van der Waals surface area contributed by atoms with Crippen LogP contribution in [0.15, 0.2) is 41.3 Å². The molecule has 1 heterocycles. The molecule has 0 atom stereocenters. The molecule has 0 radical (unpaired) electrons. The number of hydrogen-bond acceptors (Lipinski definition) is 6. The number of esters is 1. The monoisotopic (exact) mass is 383 g/mol. The van der Waals surface area contributed by atoms with Crippen molar-refractivity contribution in [2.24, 2.45) is 0 Å². The van der Waals surface area contributed by atoms with E-state index in [9.17, 15) is 13.2 Å². The van der Waals surface area contributed by atoms with Crippen molar-refractivity contribution in [3.05, 3.63) is 47.0 Å². The summed E-state index contributed by atoms with van der Waals surface area (Å²) < 4.78 is 42.4. The van der Waals surface area contributed by atoms with Crippen molar-refractivity contribution in [2.45, 2.75) is 4.90 Å². The van der Waals surface area contributed by atoms with E-state index < -0.39 is 16.0 Å². The molecular weight excluding hydrogens is 370 g/mol. The fourth-order valence-corrected chi connectivity index (χ4v) is 4.20. The van der Waals surface area contributed by atoms with E-state index in [1.54, 1.807) is 0 Å². The van der Waals surface area contributed by atoms with E-state index in [1.807, 2.05) is 0 Å². The van der Waals surface area contributed by atoms with Gasteiger partial charge in [0.1, 0.15) is 16.4 Å². The van der Waals surface area contributed by atoms with Gasteiger partial charge in [-0.1, -0.05) is 11.6 Å². The maximum atomic E-state index is 13.1. The zero-order valence-corrected chi connectivity index (χ0v) is 14.9. The molecule has 9 heteroatoms. The van der Waals surface area contributed by atoms with Crippen LogP contribution in [0, 0.1) is 0 Å². The average molecular weight is 384 g/mol. The maximum absolute atomic E-state index is 13.1. The van der Waals surface area contributed by atoms with Gasteiger partial charge in [0.25, 0.3) is 10.0 Å². The van der Waals surface area contributed by atoms with Crippen LogP contribution in [0.5, 0.6) is 11.5 Å². The second-order valence-corrected chi connectivity index (χ2v) is 7.36. The molecule has 0 saturated carbocycles. The molecule has 25 heavy (non-hydrogen) atoms. The van der Waals surface area contributed by atoms with Crippen molar-refractivity contribution in [2.75, 3.05) is 25.3 Å². The summed E-state index contributed by atoms with van der Waals surface area (Å²) in [5.74, 6) is -0.0772. The lowest BCUT2D eigenvalue weighted by Crippen LogP contribution is -2.30. The van der Waals surface area contributed by atoms with E-state index in [0.29, 0.717) is 5.75 Å². The predicted octanol–water partition coefficient (Wildman–Crippen LogP) is 2.68. The Labute approximate surface area is 149 Å². The third-order valence-electron chi connectivity index (χ3n) is 3.68. The Hall–Kier alpha value is -2.45. The molecule has 7 nitrogen and oxygen atoms in total. The molecule has 0 saturated heterocycles. The standard InChI is InChI=1S/C16H14ClNO6S/c1-22-14-6-4-11(17)8-15(14)25(20,21)18-9-24-13-5-3-10(7-12(13)18)16(19)23-2/h3-8H,9H2,1-2H3. The zero-order chi connectivity index (χ0) is 18.2. The van der Waals surface area contributed by atoms with E-state index in [2.05, 4.69) is 4.74 Å². The topological polar surface area (TPSA) is 82.1 Å². The summed E-state index contributed by atoms with van der Waals surface area (Å²) >= 11 is 5.94. The fourth-order valence-electron chi connectivity index (χ4n) is 2.45. The highest BCUT2D eigenvalue weighted by Crippen LogP contribution is 2.40. The predicted molar refractivity (Wildman–Crippen MR) is 90.9 cm³/mol. The number of nitrogens with zero attached hydrogens (tertiary/aromatic N) is 1. The van der Waals surface area contributed by atoms with Gasteiger partial charge in [-0.25, -0.2) is 17.5 Å². The highest BCUT2D eigenvalue weighted by molar-refractivity contribution is 7.93. The van der Waals surface area contributed by atoms with Crippen LogP contribution in [0.4, 0.5) is 5.69 Å². The molecule has 0 amide bonds. The van der Waals surface area contributed by atoms with Gasteiger partial charge in [0, 0.05) is 5.02 Å².